The number of carbonyl (C=O) groups is 1. The lowest BCUT2D eigenvalue weighted by molar-refractivity contribution is -0.139. The second-order valence-electron chi connectivity index (χ2n) is 10.6. The maximum atomic E-state index is 12.7. The molecular weight excluding hydrogens is 500 g/mol. The standard InChI is InChI=1S/C33H34N4O3/c1-4-36-21-29(27-6-5-7-28(27)33(36)39)31-15-11-25-20-24(10-14-30(25)34-31)23-8-12-26(13-9-23)40-19-18-37-17-16-35(3)32(38)22(37)2/h5-6,8-15,20-22H,4,7,16-19H2,1-3H3/t22-/m1/s1. The molecule has 1 amide bonds. The lowest BCUT2D eigenvalue weighted by Gasteiger charge is -2.37. The van der Waals surface area contributed by atoms with Crippen molar-refractivity contribution >= 4 is 22.9 Å². The zero-order valence-electron chi connectivity index (χ0n) is 23.3. The number of aryl methyl sites for hydroxylation is 1. The van der Waals surface area contributed by atoms with Crippen LogP contribution in [0.1, 0.15) is 25.0 Å². The third kappa shape index (κ3) is 4.82. The third-order valence-electron chi connectivity index (χ3n) is 8.17. The minimum absolute atomic E-state index is 0.0919. The van der Waals surface area contributed by atoms with Crippen LogP contribution in [-0.4, -0.2) is 64.6 Å². The number of ether oxygens (including phenoxy) is 1. The molecule has 1 aliphatic heterocycles. The molecule has 40 heavy (non-hydrogen) atoms. The number of allylic oxidation sites excluding steroid dienone is 1. The lowest BCUT2D eigenvalue weighted by atomic mass is 10.0. The summed E-state index contributed by atoms with van der Waals surface area (Å²) in [6, 6.07) is 18.5. The summed E-state index contributed by atoms with van der Waals surface area (Å²) in [4.78, 5) is 33.9. The first-order chi connectivity index (χ1) is 19.4. The van der Waals surface area contributed by atoms with Gasteiger partial charge in [-0.05, 0) is 67.3 Å². The van der Waals surface area contributed by atoms with Gasteiger partial charge in [0.25, 0.3) is 5.56 Å². The Hall–Kier alpha value is -4.23. The Bertz CT molecular complexity index is 1670. The maximum Gasteiger partial charge on any atom is 0.254 e. The smallest absolute Gasteiger partial charge is 0.254 e. The predicted molar refractivity (Wildman–Crippen MR) is 159 cm³/mol. The fraction of sp³-hybridized carbons (Fsp3) is 0.303. The Morgan fingerprint density at radius 3 is 2.60 bits per heavy atom. The number of amides is 1. The summed E-state index contributed by atoms with van der Waals surface area (Å²) < 4.78 is 7.76. The first-order valence-corrected chi connectivity index (χ1v) is 14.0. The molecule has 0 bridgehead atoms. The third-order valence-corrected chi connectivity index (χ3v) is 8.17. The number of benzene rings is 2. The van der Waals surface area contributed by atoms with Crippen LogP contribution in [0.2, 0.25) is 0 Å². The van der Waals surface area contributed by atoms with E-state index in [-0.39, 0.29) is 17.5 Å². The number of hydrogen-bond acceptors (Lipinski definition) is 5. The van der Waals surface area contributed by atoms with E-state index in [4.69, 9.17) is 9.72 Å². The zero-order valence-corrected chi connectivity index (χ0v) is 23.3. The number of rotatable bonds is 7. The molecule has 1 fully saturated rings. The molecule has 1 aliphatic carbocycles. The SMILES string of the molecule is CCn1cc(-c2ccc3cc(-c4ccc(OCCN5CCN(C)C(=O)[C@H]5C)cc4)ccc3n2)c2c(c1=O)CC=C2. The first-order valence-electron chi connectivity index (χ1n) is 14.0. The summed E-state index contributed by atoms with van der Waals surface area (Å²) in [5, 5.41) is 1.06. The van der Waals surface area contributed by atoms with Crippen molar-refractivity contribution in [1.82, 2.24) is 19.4 Å². The van der Waals surface area contributed by atoms with Crippen LogP contribution in [0.25, 0.3) is 39.4 Å². The van der Waals surface area contributed by atoms with Gasteiger partial charge in [-0.15, -0.1) is 0 Å². The van der Waals surface area contributed by atoms with Gasteiger partial charge in [-0.1, -0.05) is 36.4 Å². The fourth-order valence-corrected chi connectivity index (χ4v) is 5.70. The highest BCUT2D eigenvalue weighted by molar-refractivity contribution is 5.88. The Morgan fingerprint density at radius 2 is 1.80 bits per heavy atom. The minimum Gasteiger partial charge on any atom is -0.492 e. The van der Waals surface area contributed by atoms with E-state index in [2.05, 4.69) is 47.4 Å². The molecule has 4 aromatic rings. The van der Waals surface area contributed by atoms with E-state index >= 15 is 0 Å². The number of aromatic nitrogens is 2. The van der Waals surface area contributed by atoms with E-state index in [1.165, 1.54) is 0 Å². The Labute approximate surface area is 234 Å². The normalized spacial score (nSPS) is 17.0. The average Bonchev–Trinajstić information content (AvgIpc) is 3.48. The van der Waals surface area contributed by atoms with E-state index in [0.717, 1.165) is 69.8 Å². The lowest BCUT2D eigenvalue weighted by Crippen LogP contribution is -2.55. The summed E-state index contributed by atoms with van der Waals surface area (Å²) >= 11 is 0. The van der Waals surface area contributed by atoms with Crippen LogP contribution in [0.3, 0.4) is 0 Å². The van der Waals surface area contributed by atoms with Gasteiger partial charge in [0.2, 0.25) is 5.91 Å². The van der Waals surface area contributed by atoms with Crippen molar-refractivity contribution in [3.8, 4) is 28.1 Å². The van der Waals surface area contributed by atoms with E-state index in [0.29, 0.717) is 19.6 Å². The van der Waals surface area contributed by atoms with Crippen molar-refractivity contribution < 1.29 is 9.53 Å². The van der Waals surface area contributed by atoms with Gasteiger partial charge in [-0.25, -0.2) is 4.98 Å². The van der Waals surface area contributed by atoms with Crippen LogP contribution >= 0.6 is 0 Å². The number of likely N-dealkylation sites (N-methyl/N-ethyl adjacent to an activating group) is 1. The molecule has 1 atom stereocenters. The van der Waals surface area contributed by atoms with E-state index < -0.39 is 0 Å². The number of carbonyl (C=O) groups excluding carboxylic acids is 1. The molecule has 3 heterocycles. The Morgan fingerprint density at radius 1 is 1.00 bits per heavy atom. The van der Waals surface area contributed by atoms with Crippen LogP contribution in [0, 0.1) is 0 Å². The minimum atomic E-state index is -0.105. The molecule has 7 heteroatoms. The number of hydrogen-bond donors (Lipinski definition) is 0. The summed E-state index contributed by atoms with van der Waals surface area (Å²) in [5.41, 5.74) is 6.95. The molecule has 6 rings (SSSR count). The van der Waals surface area contributed by atoms with Gasteiger partial charge in [0, 0.05) is 55.9 Å². The van der Waals surface area contributed by atoms with Crippen molar-refractivity contribution in [2.45, 2.75) is 32.9 Å². The molecule has 0 saturated carbocycles. The number of nitrogens with zero attached hydrogens (tertiary/aromatic N) is 4. The molecular formula is C33H34N4O3. The number of piperazine rings is 1. The second-order valence-corrected chi connectivity index (χ2v) is 10.6. The highest BCUT2D eigenvalue weighted by Gasteiger charge is 2.28. The Balaban J connectivity index is 1.16. The van der Waals surface area contributed by atoms with E-state index in [1.807, 2.05) is 51.4 Å². The van der Waals surface area contributed by atoms with Crippen molar-refractivity contribution in [3.05, 3.63) is 88.4 Å². The Kier molecular flexibility index (Phi) is 6.98. The number of pyridine rings is 2. The monoisotopic (exact) mass is 534 g/mol. The summed E-state index contributed by atoms with van der Waals surface area (Å²) in [5.74, 6) is 0.986. The van der Waals surface area contributed by atoms with Crippen molar-refractivity contribution in [3.63, 3.8) is 0 Å². The predicted octanol–water partition coefficient (Wildman–Crippen LogP) is 4.86. The maximum absolute atomic E-state index is 12.7. The molecule has 204 valence electrons. The van der Waals surface area contributed by atoms with Gasteiger partial charge in [0.05, 0.1) is 17.3 Å². The van der Waals surface area contributed by atoms with Gasteiger partial charge in [0.1, 0.15) is 12.4 Å². The summed E-state index contributed by atoms with van der Waals surface area (Å²) in [6.45, 7) is 7.48. The van der Waals surface area contributed by atoms with Crippen molar-refractivity contribution in [2.75, 3.05) is 33.3 Å². The van der Waals surface area contributed by atoms with Crippen molar-refractivity contribution in [1.29, 1.82) is 0 Å². The van der Waals surface area contributed by atoms with Crippen LogP contribution in [0.5, 0.6) is 5.75 Å². The molecule has 0 N–H and O–H groups in total. The van der Waals surface area contributed by atoms with Gasteiger partial charge in [-0.3, -0.25) is 14.5 Å². The zero-order chi connectivity index (χ0) is 27.8. The van der Waals surface area contributed by atoms with Crippen molar-refractivity contribution in [2.24, 2.45) is 0 Å². The quantitative estimate of drug-likeness (QED) is 0.339. The summed E-state index contributed by atoms with van der Waals surface area (Å²) in [7, 11) is 1.86. The van der Waals surface area contributed by atoms with Crippen LogP contribution in [0.15, 0.2) is 71.7 Å². The van der Waals surface area contributed by atoms with Gasteiger partial charge in [0.15, 0.2) is 0 Å². The first kappa shape index (κ1) is 26.0. The average molecular weight is 535 g/mol. The topological polar surface area (TPSA) is 67.7 Å². The fourth-order valence-electron chi connectivity index (χ4n) is 5.70. The molecule has 0 radical (unpaired) electrons. The van der Waals surface area contributed by atoms with Crippen LogP contribution < -0.4 is 10.3 Å². The molecule has 2 aliphatic rings. The van der Waals surface area contributed by atoms with E-state index in [1.54, 1.807) is 9.47 Å². The highest BCUT2D eigenvalue weighted by atomic mass is 16.5. The molecule has 7 nitrogen and oxygen atoms in total. The van der Waals surface area contributed by atoms with Crippen LogP contribution in [-0.2, 0) is 17.8 Å². The van der Waals surface area contributed by atoms with Gasteiger partial charge < -0.3 is 14.2 Å². The van der Waals surface area contributed by atoms with Crippen LogP contribution in [0.4, 0.5) is 0 Å². The molecule has 2 aromatic heterocycles. The summed E-state index contributed by atoms with van der Waals surface area (Å²) in [6.07, 6.45) is 6.71. The molecule has 1 saturated heterocycles. The van der Waals surface area contributed by atoms with Gasteiger partial charge in [-0.2, -0.15) is 0 Å². The van der Waals surface area contributed by atoms with E-state index in [9.17, 15) is 9.59 Å². The van der Waals surface area contributed by atoms with Gasteiger partial charge >= 0.3 is 0 Å². The highest BCUT2D eigenvalue weighted by Crippen LogP contribution is 2.31. The second kappa shape index (κ2) is 10.7. The number of fused-ring (bicyclic) bond motifs is 2. The molecule has 2 aromatic carbocycles. The molecule has 0 spiro atoms. The molecule has 0 unspecified atom stereocenters. The largest absolute Gasteiger partial charge is 0.492 e.